The van der Waals surface area contributed by atoms with Crippen molar-refractivity contribution in [1.29, 1.82) is 0 Å². The highest BCUT2D eigenvalue weighted by atomic mass is 35.5. The van der Waals surface area contributed by atoms with Gasteiger partial charge in [0.25, 0.3) is 0 Å². The average Bonchev–Trinajstić information content (AvgIpc) is 2.61. The number of pyridine rings is 1. The zero-order valence-corrected chi connectivity index (χ0v) is 14.6. The number of aromatic nitrogens is 3. The van der Waals surface area contributed by atoms with Crippen molar-refractivity contribution in [3.05, 3.63) is 59.4 Å². The molecule has 0 saturated heterocycles. The Balaban J connectivity index is 1.92. The van der Waals surface area contributed by atoms with E-state index in [0.717, 1.165) is 17.8 Å². The molecule has 27 heavy (non-hydrogen) atoms. The zero-order chi connectivity index (χ0) is 19.6. The van der Waals surface area contributed by atoms with Crippen LogP contribution in [0.2, 0.25) is 5.02 Å². The Labute approximate surface area is 156 Å². The van der Waals surface area contributed by atoms with Gasteiger partial charge in [0.05, 0.1) is 10.7 Å². The summed E-state index contributed by atoms with van der Waals surface area (Å²) in [6, 6.07) is 10.4. The van der Waals surface area contributed by atoms with Gasteiger partial charge in [-0.2, -0.15) is 17.6 Å². The fourth-order valence-corrected chi connectivity index (χ4v) is 2.52. The lowest BCUT2D eigenvalue weighted by atomic mass is 10.1. The fraction of sp³-hybridized carbons (Fsp3) is 0.167. The van der Waals surface area contributed by atoms with E-state index in [-0.39, 0.29) is 5.02 Å². The van der Waals surface area contributed by atoms with Crippen LogP contribution >= 0.6 is 11.6 Å². The van der Waals surface area contributed by atoms with Crippen LogP contribution in [-0.2, 0) is 0 Å². The smallest absolute Gasteiger partial charge is 0.428 e. The van der Waals surface area contributed by atoms with Crippen molar-refractivity contribution in [3.8, 4) is 28.5 Å². The van der Waals surface area contributed by atoms with Crippen molar-refractivity contribution in [2.75, 3.05) is 0 Å². The van der Waals surface area contributed by atoms with Crippen molar-refractivity contribution in [2.24, 2.45) is 0 Å². The zero-order valence-electron chi connectivity index (χ0n) is 13.8. The third-order valence-corrected chi connectivity index (χ3v) is 3.81. The second-order valence-corrected chi connectivity index (χ2v) is 5.94. The van der Waals surface area contributed by atoms with Crippen LogP contribution in [0, 0.1) is 6.92 Å². The minimum absolute atomic E-state index is 0.0207. The van der Waals surface area contributed by atoms with E-state index in [0.29, 0.717) is 22.8 Å². The lowest BCUT2D eigenvalue weighted by Gasteiger charge is -2.17. The molecule has 0 atom stereocenters. The second-order valence-electron chi connectivity index (χ2n) is 5.54. The predicted octanol–water partition coefficient (Wildman–Crippen LogP) is 5.40. The van der Waals surface area contributed by atoms with Gasteiger partial charge in [-0.3, -0.25) is 0 Å². The first-order chi connectivity index (χ1) is 12.8. The van der Waals surface area contributed by atoms with Crippen LogP contribution in [0.15, 0.2) is 48.7 Å². The summed E-state index contributed by atoms with van der Waals surface area (Å²) < 4.78 is 54.6. The number of aryl methyl sites for hydroxylation is 1. The SMILES string of the molecule is Cc1ccnc(-c2cccc(-c3ccc(OC(F)(F)C(F)F)cc3Cl)n2)n1. The number of hydrogen-bond donors (Lipinski definition) is 0. The van der Waals surface area contributed by atoms with Crippen molar-refractivity contribution < 1.29 is 22.3 Å². The number of halogens is 5. The number of alkyl halides is 4. The highest BCUT2D eigenvalue weighted by Gasteiger charge is 2.44. The van der Waals surface area contributed by atoms with E-state index in [2.05, 4.69) is 19.7 Å². The highest BCUT2D eigenvalue weighted by molar-refractivity contribution is 6.33. The normalized spacial score (nSPS) is 11.7. The van der Waals surface area contributed by atoms with Crippen LogP contribution in [0.4, 0.5) is 17.6 Å². The maximum atomic E-state index is 13.0. The molecule has 9 heteroatoms. The van der Waals surface area contributed by atoms with E-state index >= 15 is 0 Å². The Morgan fingerprint density at radius 2 is 1.78 bits per heavy atom. The molecule has 0 unspecified atom stereocenters. The molecule has 140 valence electrons. The van der Waals surface area contributed by atoms with Gasteiger partial charge in [0.1, 0.15) is 11.4 Å². The van der Waals surface area contributed by atoms with Crippen LogP contribution in [0.1, 0.15) is 5.69 Å². The number of benzene rings is 1. The molecule has 0 N–H and O–H groups in total. The van der Waals surface area contributed by atoms with Crippen molar-refractivity contribution >= 4 is 11.6 Å². The molecule has 1 aromatic carbocycles. The molecule has 0 aliphatic carbocycles. The average molecular weight is 398 g/mol. The van der Waals surface area contributed by atoms with Crippen LogP contribution in [0.3, 0.4) is 0 Å². The molecule has 0 amide bonds. The standard InChI is InChI=1S/C18H12ClF4N3O/c1-10-7-8-24-16(25-10)15-4-2-3-14(26-15)12-6-5-11(9-13(12)19)27-18(22,23)17(20)21/h2-9,17H,1H3. The predicted molar refractivity (Wildman–Crippen MR) is 92.0 cm³/mol. The Hall–Kier alpha value is -2.74. The molecule has 2 heterocycles. The van der Waals surface area contributed by atoms with Gasteiger partial charge >= 0.3 is 12.5 Å². The molecular weight excluding hydrogens is 386 g/mol. The van der Waals surface area contributed by atoms with Crippen LogP contribution in [-0.4, -0.2) is 27.5 Å². The molecule has 2 aromatic heterocycles. The van der Waals surface area contributed by atoms with Crippen molar-refractivity contribution in [1.82, 2.24) is 15.0 Å². The number of nitrogens with zero attached hydrogens (tertiary/aromatic N) is 3. The van der Waals surface area contributed by atoms with Crippen LogP contribution in [0.25, 0.3) is 22.8 Å². The third kappa shape index (κ3) is 4.33. The number of hydrogen-bond acceptors (Lipinski definition) is 4. The Morgan fingerprint density at radius 3 is 2.44 bits per heavy atom. The summed E-state index contributed by atoms with van der Waals surface area (Å²) in [7, 11) is 0. The maximum absolute atomic E-state index is 13.0. The summed E-state index contributed by atoms with van der Waals surface area (Å²) >= 11 is 6.11. The molecular formula is C18H12ClF4N3O. The minimum atomic E-state index is -4.61. The first kappa shape index (κ1) is 19.0. The van der Waals surface area contributed by atoms with Gasteiger partial charge in [-0.05, 0) is 43.3 Å². The summed E-state index contributed by atoms with van der Waals surface area (Å²) in [5, 5.41) is 0.0207. The maximum Gasteiger partial charge on any atom is 0.461 e. The first-order valence-corrected chi connectivity index (χ1v) is 8.06. The van der Waals surface area contributed by atoms with E-state index in [1.54, 1.807) is 30.5 Å². The Kier molecular flexibility index (Phi) is 5.27. The van der Waals surface area contributed by atoms with E-state index in [4.69, 9.17) is 11.6 Å². The molecule has 3 rings (SSSR count). The Morgan fingerprint density at radius 1 is 1.04 bits per heavy atom. The molecule has 0 saturated carbocycles. The van der Waals surface area contributed by atoms with E-state index in [9.17, 15) is 17.6 Å². The summed E-state index contributed by atoms with van der Waals surface area (Å²) in [6.07, 6.45) is -6.96. The molecule has 3 aromatic rings. The monoisotopic (exact) mass is 397 g/mol. The summed E-state index contributed by atoms with van der Waals surface area (Å²) in [5.41, 5.74) is 2.12. The highest BCUT2D eigenvalue weighted by Crippen LogP contribution is 2.34. The van der Waals surface area contributed by atoms with Gasteiger partial charge in [0.2, 0.25) is 0 Å². The van der Waals surface area contributed by atoms with E-state index in [1.807, 2.05) is 6.92 Å². The van der Waals surface area contributed by atoms with Gasteiger partial charge in [0.15, 0.2) is 5.82 Å². The molecule has 0 fully saturated rings. The molecule has 0 radical (unpaired) electrons. The summed E-state index contributed by atoms with van der Waals surface area (Å²) in [4.78, 5) is 12.9. The topological polar surface area (TPSA) is 47.9 Å². The molecule has 4 nitrogen and oxygen atoms in total. The van der Waals surface area contributed by atoms with Gasteiger partial charge < -0.3 is 4.74 Å². The van der Waals surface area contributed by atoms with Gasteiger partial charge in [-0.25, -0.2) is 15.0 Å². The molecule has 0 spiro atoms. The number of ether oxygens (including phenoxy) is 1. The Bertz CT molecular complexity index is 969. The minimum Gasteiger partial charge on any atom is -0.428 e. The quantitative estimate of drug-likeness (QED) is 0.540. The van der Waals surface area contributed by atoms with Crippen LogP contribution < -0.4 is 4.74 Å². The number of rotatable bonds is 5. The second kappa shape index (κ2) is 7.48. The van der Waals surface area contributed by atoms with E-state index in [1.165, 1.54) is 6.07 Å². The molecule has 0 aliphatic heterocycles. The van der Waals surface area contributed by atoms with Crippen LogP contribution in [0.5, 0.6) is 5.75 Å². The first-order valence-electron chi connectivity index (χ1n) is 7.68. The lowest BCUT2D eigenvalue weighted by molar-refractivity contribution is -0.253. The summed E-state index contributed by atoms with van der Waals surface area (Å²) in [5.74, 6) is -0.0586. The van der Waals surface area contributed by atoms with Gasteiger partial charge in [0, 0.05) is 17.5 Å². The fourth-order valence-electron chi connectivity index (χ4n) is 2.25. The van der Waals surface area contributed by atoms with Gasteiger partial charge in [-0.1, -0.05) is 17.7 Å². The molecule has 0 aliphatic rings. The summed E-state index contributed by atoms with van der Waals surface area (Å²) in [6.45, 7) is 1.82. The lowest BCUT2D eigenvalue weighted by Crippen LogP contribution is -2.33. The van der Waals surface area contributed by atoms with Crippen molar-refractivity contribution in [3.63, 3.8) is 0 Å². The third-order valence-electron chi connectivity index (χ3n) is 3.50. The molecule has 0 bridgehead atoms. The van der Waals surface area contributed by atoms with Crippen molar-refractivity contribution in [2.45, 2.75) is 19.5 Å². The van der Waals surface area contributed by atoms with E-state index < -0.39 is 18.3 Å². The largest absolute Gasteiger partial charge is 0.461 e. The van der Waals surface area contributed by atoms with Gasteiger partial charge in [-0.15, -0.1) is 0 Å².